The molecule has 0 aliphatic heterocycles. The molecular weight excluding hydrogens is 446 g/mol. The van der Waals surface area contributed by atoms with Gasteiger partial charge in [0.2, 0.25) is 0 Å². The van der Waals surface area contributed by atoms with Crippen molar-refractivity contribution in [2.24, 2.45) is 0 Å². The van der Waals surface area contributed by atoms with E-state index in [4.69, 9.17) is 4.74 Å². The molecule has 0 saturated carbocycles. The lowest BCUT2D eigenvalue weighted by Crippen LogP contribution is -2.08. The molecule has 174 valence electrons. The molecule has 1 aromatic carbocycles. The van der Waals surface area contributed by atoms with Gasteiger partial charge in [-0.2, -0.15) is 0 Å². The molecule has 3 heterocycles. The zero-order valence-corrected chi connectivity index (χ0v) is 20.4. The lowest BCUT2D eigenvalue weighted by Gasteiger charge is -2.14. The molecule has 0 radical (unpaired) electrons. The van der Waals surface area contributed by atoms with Crippen molar-refractivity contribution in [1.82, 2.24) is 24.3 Å². The number of para-hydroxylation sites is 2. The number of benzene rings is 1. The van der Waals surface area contributed by atoms with Crippen LogP contribution in [0.4, 0.5) is 0 Å². The fourth-order valence-corrected chi connectivity index (χ4v) is 4.71. The number of hydrogen-bond acceptors (Lipinski definition) is 6. The van der Waals surface area contributed by atoms with Gasteiger partial charge in [-0.3, -0.25) is 14.3 Å². The SMILES string of the molecule is C=CCn1c(C)cc(C(=O)CSc2nnc(-c3cccnc3)n2-c2ccccc2OCC)c1C. The maximum absolute atomic E-state index is 13.2. The van der Waals surface area contributed by atoms with Gasteiger partial charge in [-0.1, -0.05) is 30.0 Å². The van der Waals surface area contributed by atoms with Crippen molar-refractivity contribution in [2.75, 3.05) is 12.4 Å². The van der Waals surface area contributed by atoms with Crippen LogP contribution >= 0.6 is 11.8 Å². The average molecular weight is 474 g/mol. The molecule has 4 aromatic rings. The minimum atomic E-state index is 0.0454. The van der Waals surface area contributed by atoms with Crippen LogP contribution in [0.3, 0.4) is 0 Å². The number of ether oxygens (including phenoxy) is 1. The highest BCUT2D eigenvalue weighted by Crippen LogP contribution is 2.33. The van der Waals surface area contributed by atoms with Gasteiger partial charge in [-0.05, 0) is 51.1 Å². The van der Waals surface area contributed by atoms with Crippen molar-refractivity contribution in [3.05, 3.63) is 84.5 Å². The van der Waals surface area contributed by atoms with E-state index < -0.39 is 0 Å². The monoisotopic (exact) mass is 473 g/mol. The number of thioether (sulfide) groups is 1. The first-order valence-electron chi connectivity index (χ1n) is 11.1. The summed E-state index contributed by atoms with van der Waals surface area (Å²) >= 11 is 1.36. The number of Topliss-reactive ketones (excluding diaryl/α,β-unsaturated/α-hetero) is 1. The standard InChI is InChI=1S/C26H27N5O2S/c1-5-14-30-18(3)15-21(19(30)4)23(32)17-34-26-29-28-25(20-10-9-13-27-16-20)31(26)22-11-7-8-12-24(22)33-6-2/h5,7-13,15-16H,1,6,14,17H2,2-4H3. The predicted molar refractivity (Wildman–Crippen MR) is 135 cm³/mol. The largest absolute Gasteiger partial charge is 0.492 e. The molecule has 0 fully saturated rings. The average Bonchev–Trinajstić information content (AvgIpc) is 3.40. The topological polar surface area (TPSA) is 74.8 Å². The molecule has 0 amide bonds. The number of hydrogen-bond donors (Lipinski definition) is 0. The number of carbonyl (C=O) groups excluding carboxylic acids is 1. The Labute approximate surface area is 203 Å². The maximum atomic E-state index is 13.2. The summed E-state index contributed by atoms with van der Waals surface area (Å²) in [4.78, 5) is 17.4. The van der Waals surface area contributed by atoms with Gasteiger partial charge in [-0.25, -0.2) is 0 Å². The van der Waals surface area contributed by atoms with E-state index in [0.717, 1.165) is 34.0 Å². The molecule has 0 saturated heterocycles. The molecule has 0 aliphatic carbocycles. The predicted octanol–water partition coefficient (Wildman–Crippen LogP) is 5.31. The highest BCUT2D eigenvalue weighted by Gasteiger charge is 2.21. The molecule has 7 nitrogen and oxygen atoms in total. The number of rotatable bonds is 10. The lowest BCUT2D eigenvalue weighted by molar-refractivity contribution is 0.102. The van der Waals surface area contributed by atoms with Crippen LogP contribution in [0.25, 0.3) is 17.1 Å². The van der Waals surface area contributed by atoms with Gasteiger partial charge in [-0.15, -0.1) is 16.8 Å². The Kier molecular flexibility index (Phi) is 7.27. The number of carbonyl (C=O) groups is 1. The van der Waals surface area contributed by atoms with Gasteiger partial charge >= 0.3 is 0 Å². The summed E-state index contributed by atoms with van der Waals surface area (Å²) < 4.78 is 9.90. The fourth-order valence-electron chi connectivity index (χ4n) is 3.88. The maximum Gasteiger partial charge on any atom is 0.196 e. The number of pyridine rings is 1. The first-order valence-corrected chi connectivity index (χ1v) is 12.0. The van der Waals surface area contributed by atoms with Gasteiger partial charge in [0.25, 0.3) is 0 Å². The first kappa shape index (κ1) is 23.5. The van der Waals surface area contributed by atoms with Crippen molar-refractivity contribution < 1.29 is 9.53 Å². The Bertz CT molecular complexity index is 1310. The first-order chi connectivity index (χ1) is 16.5. The molecular formula is C26H27N5O2S. The summed E-state index contributed by atoms with van der Waals surface area (Å²) in [5.74, 6) is 1.64. The Balaban J connectivity index is 1.70. The third-order valence-electron chi connectivity index (χ3n) is 5.48. The molecule has 0 spiro atoms. The summed E-state index contributed by atoms with van der Waals surface area (Å²) in [7, 11) is 0. The van der Waals surface area contributed by atoms with Gasteiger partial charge in [0.15, 0.2) is 16.8 Å². The summed E-state index contributed by atoms with van der Waals surface area (Å²) in [5.41, 5.74) is 4.35. The van der Waals surface area contributed by atoms with E-state index in [0.29, 0.717) is 24.1 Å². The van der Waals surface area contributed by atoms with Gasteiger partial charge < -0.3 is 9.30 Å². The van der Waals surface area contributed by atoms with Crippen LogP contribution < -0.4 is 4.74 Å². The van der Waals surface area contributed by atoms with E-state index in [1.807, 2.05) is 73.9 Å². The molecule has 8 heteroatoms. The second-order valence-electron chi connectivity index (χ2n) is 7.68. The third kappa shape index (κ3) is 4.68. The van der Waals surface area contributed by atoms with E-state index in [1.165, 1.54) is 11.8 Å². The Hall–Kier alpha value is -3.65. The number of aryl methyl sites for hydroxylation is 1. The second-order valence-corrected chi connectivity index (χ2v) is 8.62. The van der Waals surface area contributed by atoms with Gasteiger partial charge in [0.1, 0.15) is 5.75 Å². The lowest BCUT2D eigenvalue weighted by atomic mass is 10.2. The third-order valence-corrected chi connectivity index (χ3v) is 6.41. The summed E-state index contributed by atoms with van der Waals surface area (Å²) in [6.07, 6.45) is 5.30. The molecule has 34 heavy (non-hydrogen) atoms. The second kappa shape index (κ2) is 10.5. The summed E-state index contributed by atoms with van der Waals surface area (Å²) in [6, 6.07) is 13.5. The molecule has 0 atom stereocenters. The van der Waals surface area contributed by atoms with Crippen LogP contribution in [0.5, 0.6) is 5.75 Å². The normalized spacial score (nSPS) is 10.9. The number of nitrogens with zero attached hydrogens (tertiary/aromatic N) is 5. The molecule has 0 N–H and O–H groups in total. The van der Waals surface area contributed by atoms with Crippen LogP contribution in [0.1, 0.15) is 28.7 Å². The summed E-state index contributed by atoms with van der Waals surface area (Å²) in [6.45, 7) is 10.9. The van der Waals surface area contributed by atoms with Crippen LogP contribution in [0, 0.1) is 13.8 Å². The Morgan fingerprint density at radius 1 is 1.18 bits per heavy atom. The number of allylic oxidation sites excluding steroid dienone is 1. The van der Waals surface area contributed by atoms with Crippen LogP contribution in [0.2, 0.25) is 0 Å². The van der Waals surface area contributed by atoms with Gasteiger partial charge in [0.05, 0.1) is 18.0 Å². The van der Waals surface area contributed by atoms with Crippen molar-refractivity contribution >= 4 is 17.5 Å². The van der Waals surface area contributed by atoms with Crippen LogP contribution in [0.15, 0.2) is 72.7 Å². The smallest absolute Gasteiger partial charge is 0.196 e. The van der Waals surface area contributed by atoms with E-state index >= 15 is 0 Å². The zero-order chi connectivity index (χ0) is 24.1. The quantitative estimate of drug-likeness (QED) is 0.177. The molecule has 0 bridgehead atoms. The van der Waals surface area contributed by atoms with Crippen LogP contribution in [-0.4, -0.2) is 42.5 Å². The molecule has 0 aliphatic rings. The fraction of sp³-hybridized carbons (Fsp3) is 0.231. The number of aromatic nitrogens is 5. The van der Waals surface area contributed by atoms with Crippen LogP contribution in [-0.2, 0) is 6.54 Å². The molecule has 4 rings (SSSR count). The highest BCUT2D eigenvalue weighted by molar-refractivity contribution is 7.99. The van der Waals surface area contributed by atoms with E-state index in [2.05, 4.69) is 26.3 Å². The summed E-state index contributed by atoms with van der Waals surface area (Å²) in [5, 5.41) is 9.49. The Morgan fingerprint density at radius 2 is 2.00 bits per heavy atom. The zero-order valence-electron chi connectivity index (χ0n) is 19.6. The van der Waals surface area contributed by atoms with E-state index in [1.54, 1.807) is 12.4 Å². The Morgan fingerprint density at radius 3 is 2.74 bits per heavy atom. The molecule has 0 unspecified atom stereocenters. The number of ketones is 1. The van der Waals surface area contributed by atoms with Crippen molar-refractivity contribution in [1.29, 1.82) is 0 Å². The van der Waals surface area contributed by atoms with Crippen molar-refractivity contribution in [2.45, 2.75) is 32.5 Å². The van der Waals surface area contributed by atoms with Crippen molar-refractivity contribution in [3.8, 4) is 22.8 Å². The van der Waals surface area contributed by atoms with E-state index in [-0.39, 0.29) is 11.5 Å². The van der Waals surface area contributed by atoms with Crippen molar-refractivity contribution in [3.63, 3.8) is 0 Å². The highest BCUT2D eigenvalue weighted by atomic mass is 32.2. The van der Waals surface area contributed by atoms with Gasteiger partial charge in [0, 0.05) is 41.5 Å². The minimum Gasteiger partial charge on any atom is -0.492 e. The van der Waals surface area contributed by atoms with E-state index in [9.17, 15) is 4.79 Å². The molecule has 3 aromatic heterocycles. The minimum absolute atomic E-state index is 0.0454.